The second kappa shape index (κ2) is 10.4. The van der Waals surface area contributed by atoms with Crippen molar-refractivity contribution < 1.29 is 19.0 Å². The Labute approximate surface area is 195 Å². The summed E-state index contributed by atoms with van der Waals surface area (Å²) in [6.45, 7) is 9.26. The maximum atomic E-state index is 11.2. The van der Waals surface area contributed by atoms with E-state index in [-0.39, 0.29) is 18.1 Å². The van der Waals surface area contributed by atoms with Gasteiger partial charge in [0.2, 0.25) is 11.8 Å². The van der Waals surface area contributed by atoms with E-state index in [1.165, 1.54) is 6.92 Å². The monoisotopic (exact) mass is 461 g/mol. The minimum absolute atomic E-state index is 0.0387. The maximum Gasteiger partial charge on any atom is 0.234 e. The van der Waals surface area contributed by atoms with E-state index in [4.69, 9.17) is 25.8 Å². The van der Waals surface area contributed by atoms with Crippen LogP contribution in [0.1, 0.15) is 45.7 Å². The molecule has 1 saturated heterocycles. The zero-order chi connectivity index (χ0) is 23.3. The zero-order valence-corrected chi connectivity index (χ0v) is 20.1. The Morgan fingerprint density at radius 2 is 2.03 bits per heavy atom. The van der Waals surface area contributed by atoms with E-state index >= 15 is 0 Å². The minimum atomic E-state index is -0.428. The van der Waals surface area contributed by atoms with Gasteiger partial charge in [0.15, 0.2) is 0 Å². The third kappa shape index (κ3) is 6.26. The molecule has 0 spiro atoms. The molecule has 2 atom stereocenters. The molecule has 1 aromatic heterocycles. The molecule has 2 heterocycles. The van der Waals surface area contributed by atoms with E-state index in [1.807, 2.05) is 51.1 Å². The van der Waals surface area contributed by atoms with Gasteiger partial charge in [0.25, 0.3) is 0 Å². The van der Waals surface area contributed by atoms with Crippen molar-refractivity contribution in [1.82, 2.24) is 10.3 Å². The first-order valence-corrected chi connectivity index (χ1v) is 11.2. The van der Waals surface area contributed by atoms with E-state index in [1.54, 1.807) is 13.3 Å². The fourth-order valence-electron chi connectivity index (χ4n) is 3.52. The van der Waals surface area contributed by atoms with E-state index in [9.17, 15) is 4.79 Å². The lowest BCUT2D eigenvalue weighted by Crippen LogP contribution is -2.31. The summed E-state index contributed by atoms with van der Waals surface area (Å²) in [4.78, 5) is 17.7. The van der Waals surface area contributed by atoms with Gasteiger partial charge in [-0.3, -0.25) is 4.79 Å². The van der Waals surface area contributed by atoms with Gasteiger partial charge in [0.05, 0.1) is 23.9 Å². The van der Waals surface area contributed by atoms with Crippen LogP contribution in [0, 0.1) is 0 Å². The average molecular weight is 462 g/mol. The lowest BCUT2D eigenvalue weighted by atomic mass is 10.1. The average Bonchev–Trinajstić information content (AvgIpc) is 3.21. The van der Waals surface area contributed by atoms with Crippen molar-refractivity contribution in [3.63, 3.8) is 0 Å². The predicted octanol–water partition coefficient (Wildman–Crippen LogP) is 4.39. The van der Waals surface area contributed by atoms with Gasteiger partial charge < -0.3 is 24.4 Å². The van der Waals surface area contributed by atoms with Crippen LogP contribution in [0.4, 0.5) is 5.69 Å². The van der Waals surface area contributed by atoms with Crippen LogP contribution >= 0.6 is 11.6 Å². The number of aromatic nitrogens is 1. The molecule has 1 N–H and O–H groups in total. The number of carbonyl (C=O) groups is 1. The molecule has 0 bridgehead atoms. The lowest BCUT2D eigenvalue weighted by Gasteiger charge is -2.24. The molecule has 0 saturated carbocycles. The molecule has 174 valence electrons. The van der Waals surface area contributed by atoms with Gasteiger partial charge in [-0.25, -0.2) is 4.98 Å². The molecule has 8 heteroatoms. The van der Waals surface area contributed by atoms with Crippen LogP contribution in [0.3, 0.4) is 0 Å². The number of benzene rings is 1. The molecular weight excluding hydrogens is 430 g/mol. The Balaban J connectivity index is 1.60. The van der Waals surface area contributed by atoms with Gasteiger partial charge in [-0.2, -0.15) is 0 Å². The van der Waals surface area contributed by atoms with Crippen molar-refractivity contribution in [3.05, 3.63) is 47.1 Å². The second-order valence-corrected chi connectivity index (χ2v) is 9.05. The summed E-state index contributed by atoms with van der Waals surface area (Å²) < 4.78 is 17.4. The van der Waals surface area contributed by atoms with Crippen LogP contribution in [-0.2, 0) is 9.53 Å². The van der Waals surface area contributed by atoms with Crippen LogP contribution in [0.2, 0.25) is 5.02 Å². The topological polar surface area (TPSA) is 72.9 Å². The highest BCUT2D eigenvalue weighted by molar-refractivity contribution is 6.34. The number of halogens is 1. The first kappa shape index (κ1) is 24.1. The van der Waals surface area contributed by atoms with Crippen molar-refractivity contribution in [3.8, 4) is 11.6 Å². The number of pyridine rings is 1. The highest BCUT2D eigenvalue weighted by Gasteiger charge is 2.27. The summed E-state index contributed by atoms with van der Waals surface area (Å²) in [5.41, 5.74) is 1.49. The van der Waals surface area contributed by atoms with Crippen molar-refractivity contribution in [2.45, 2.75) is 51.9 Å². The predicted molar refractivity (Wildman–Crippen MR) is 126 cm³/mol. The van der Waals surface area contributed by atoms with Crippen molar-refractivity contribution >= 4 is 23.2 Å². The van der Waals surface area contributed by atoms with Crippen molar-refractivity contribution in [2.75, 3.05) is 31.7 Å². The van der Waals surface area contributed by atoms with Crippen LogP contribution in [0.25, 0.3) is 0 Å². The molecule has 1 fully saturated rings. The Morgan fingerprint density at radius 3 is 2.69 bits per heavy atom. The van der Waals surface area contributed by atoms with Gasteiger partial charge >= 0.3 is 0 Å². The first-order valence-electron chi connectivity index (χ1n) is 10.8. The standard InChI is InChI=1S/C24H32ClN3O4/c1-16(27-17(2)29)18-6-8-19(9-7-18)32-20-11-13-28(14-20)21-10-12-26-23(22(21)25)31-15-24(3,4)30-5/h6-10,12,16,20H,11,13-15H2,1-5H3,(H,27,29)/t16-,20+/m0/s1. The number of carbonyl (C=O) groups excluding carboxylic acids is 1. The number of anilines is 1. The van der Waals surface area contributed by atoms with Crippen LogP contribution in [0.15, 0.2) is 36.5 Å². The Bertz CT molecular complexity index is 920. The van der Waals surface area contributed by atoms with Crippen molar-refractivity contribution in [2.24, 2.45) is 0 Å². The van der Waals surface area contributed by atoms with Gasteiger partial charge in [-0.15, -0.1) is 0 Å². The quantitative estimate of drug-likeness (QED) is 0.597. The number of rotatable bonds is 9. The Hall–Kier alpha value is -2.51. The second-order valence-electron chi connectivity index (χ2n) is 8.67. The molecule has 1 aromatic carbocycles. The molecule has 32 heavy (non-hydrogen) atoms. The molecule has 7 nitrogen and oxygen atoms in total. The minimum Gasteiger partial charge on any atom is -0.489 e. The summed E-state index contributed by atoms with van der Waals surface area (Å²) in [6.07, 6.45) is 2.64. The van der Waals surface area contributed by atoms with Crippen LogP contribution < -0.4 is 19.7 Å². The van der Waals surface area contributed by atoms with Crippen LogP contribution in [0.5, 0.6) is 11.6 Å². The smallest absolute Gasteiger partial charge is 0.234 e. The zero-order valence-electron chi connectivity index (χ0n) is 19.4. The normalized spacial score (nSPS) is 17.2. The van der Waals surface area contributed by atoms with E-state index in [0.29, 0.717) is 17.5 Å². The fraction of sp³-hybridized carbons (Fsp3) is 0.500. The molecular formula is C24H32ClN3O4. The summed E-state index contributed by atoms with van der Waals surface area (Å²) in [5, 5.41) is 3.38. The number of nitrogens with zero attached hydrogens (tertiary/aromatic N) is 2. The molecule has 1 aliphatic rings. The number of nitrogens with one attached hydrogen (secondary N) is 1. The highest BCUT2D eigenvalue weighted by atomic mass is 35.5. The Morgan fingerprint density at radius 1 is 1.31 bits per heavy atom. The third-order valence-electron chi connectivity index (χ3n) is 5.53. The van der Waals surface area contributed by atoms with E-state index < -0.39 is 5.60 Å². The molecule has 1 aliphatic heterocycles. The summed E-state index contributed by atoms with van der Waals surface area (Å²) in [5.74, 6) is 1.17. The Kier molecular flexibility index (Phi) is 7.85. The van der Waals surface area contributed by atoms with Crippen molar-refractivity contribution in [1.29, 1.82) is 0 Å². The number of hydrogen-bond donors (Lipinski definition) is 1. The number of hydrogen-bond acceptors (Lipinski definition) is 6. The fourth-order valence-corrected chi connectivity index (χ4v) is 3.81. The highest BCUT2D eigenvalue weighted by Crippen LogP contribution is 2.35. The summed E-state index contributed by atoms with van der Waals surface area (Å²) >= 11 is 6.61. The van der Waals surface area contributed by atoms with Crippen LogP contribution in [-0.4, -0.2) is 49.4 Å². The molecule has 1 amide bonds. The largest absolute Gasteiger partial charge is 0.489 e. The molecule has 0 aliphatic carbocycles. The number of ether oxygens (including phenoxy) is 3. The molecule has 2 aromatic rings. The van der Waals surface area contributed by atoms with Gasteiger partial charge in [-0.1, -0.05) is 23.7 Å². The van der Waals surface area contributed by atoms with E-state index in [2.05, 4.69) is 15.2 Å². The summed E-state index contributed by atoms with van der Waals surface area (Å²) in [6, 6.07) is 9.71. The SMILES string of the molecule is COC(C)(C)COc1nccc(N2CC[C@@H](Oc3ccc([C@H](C)NC(C)=O)cc3)C2)c1Cl. The first-order chi connectivity index (χ1) is 15.2. The summed E-state index contributed by atoms with van der Waals surface area (Å²) in [7, 11) is 1.65. The van der Waals surface area contributed by atoms with Gasteiger partial charge in [0.1, 0.15) is 23.5 Å². The molecule has 3 rings (SSSR count). The number of amides is 1. The lowest BCUT2D eigenvalue weighted by molar-refractivity contribution is -0.119. The molecule has 0 unspecified atom stereocenters. The van der Waals surface area contributed by atoms with Gasteiger partial charge in [0, 0.05) is 33.2 Å². The molecule has 0 radical (unpaired) electrons. The maximum absolute atomic E-state index is 11.2. The number of methoxy groups -OCH3 is 1. The third-order valence-corrected chi connectivity index (χ3v) is 5.89. The van der Waals surface area contributed by atoms with Gasteiger partial charge in [-0.05, 0) is 44.5 Å². The van der Waals surface area contributed by atoms with E-state index in [0.717, 1.165) is 36.5 Å².